The van der Waals surface area contributed by atoms with Gasteiger partial charge in [0.2, 0.25) is 5.91 Å². The lowest BCUT2D eigenvalue weighted by Gasteiger charge is -2.42. The summed E-state index contributed by atoms with van der Waals surface area (Å²) in [6.45, 7) is 5.28. The van der Waals surface area contributed by atoms with Gasteiger partial charge in [0, 0.05) is 56.9 Å². The van der Waals surface area contributed by atoms with Gasteiger partial charge in [-0.3, -0.25) is 15.1 Å². The number of carbonyl (C=O) groups is 1. The van der Waals surface area contributed by atoms with E-state index in [9.17, 15) is 4.79 Å². The van der Waals surface area contributed by atoms with Gasteiger partial charge in [-0.2, -0.15) is 0 Å². The standard InChI is InChI=1S/C30H35N7O2/c1-21(38)34-36-17-15-35(16-18-36)23-9-11-24(12-10-23)37-19-27(28-29(31)32-20-33-30(28)37)22-7-13-26(14-8-22)39-25-5-3-2-4-6-25/h2-8,13-14,19-20,23-24H,9-12,15-18H2,1H3,(H,34,38)(H2,31,32,33). The highest BCUT2D eigenvalue weighted by molar-refractivity contribution is 6.00. The normalized spacial score (nSPS) is 20.6. The van der Waals surface area contributed by atoms with Crippen LogP contribution in [0.15, 0.2) is 67.1 Å². The third kappa shape index (κ3) is 5.46. The average molecular weight is 526 g/mol. The van der Waals surface area contributed by atoms with Crippen LogP contribution in [0.1, 0.15) is 38.6 Å². The molecule has 6 rings (SSSR count). The van der Waals surface area contributed by atoms with Crippen molar-refractivity contribution in [2.45, 2.75) is 44.7 Å². The number of hydrogen-bond acceptors (Lipinski definition) is 7. The first-order valence-electron chi connectivity index (χ1n) is 13.8. The Hall–Kier alpha value is -3.95. The van der Waals surface area contributed by atoms with E-state index in [1.165, 1.54) is 0 Å². The molecule has 202 valence electrons. The highest BCUT2D eigenvalue weighted by Gasteiger charge is 2.30. The highest BCUT2D eigenvalue weighted by atomic mass is 16.5. The van der Waals surface area contributed by atoms with Gasteiger partial charge in [0.05, 0.1) is 5.39 Å². The number of nitrogens with one attached hydrogen (secondary N) is 1. The van der Waals surface area contributed by atoms with Crippen molar-refractivity contribution in [3.63, 3.8) is 0 Å². The number of fused-ring (bicyclic) bond motifs is 1. The van der Waals surface area contributed by atoms with E-state index < -0.39 is 0 Å². The second-order valence-electron chi connectivity index (χ2n) is 10.5. The number of piperazine rings is 1. The third-order valence-corrected chi connectivity index (χ3v) is 7.99. The molecule has 1 saturated heterocycles. The summed E-state index contributed by atoms with van der Waals surface area (Å²) < 4.78 is 8.31. The van der Waals surface area contributed by atoms with Crippen LogP contribution in [0.3, 0.4) is 0 Å². The highest BCUT2D eigenvalue weighted by Crippen LogP contribution is 2.39. The van der Waals surface area contributed by atoms with Crippen LogP contribution in [-0.2, 0) is 4.79 Å². The van der Waals surface area contributed by atoms with Crippen molar-refractivity contribution in [1.29, 1.82) is 0 Å². The van der Waals surface area contributed by atoms with Crippen molar-refractivity contribution >= 4 is 22.8 Å². The predicted molar refractivity (Wildman–Crippen MR) is 152 cm³/mol. The molecule has 0 atom stereocenters. The fraction of sp³-hybridized carbons (Fsp3) is 0.367. The largest absolute Gasteiger partial charge is 0.457 e. The zero-order valence-corrected chi connectivity index (χ0v) is 22.3. The molecule has 1 aliphatic heterocycles. The van der Waals surface area contributed by atoms with Gasteiger partial charge in [0.1, 0.15) is 29.3 Å². The molecule has 3 heterocycles. The van der Waals surface area contributed by atoms with Gasteiger partial charge in [-0.25, -0.2) is 15.0 Å². The fourth-order valence-electron chi connectivity index (χ4n) is 6.06. The molecule has 1 saturated carbocycles. The number of hydrogen-bond donors (Lipinski definition) is 2. The van der Waals surface area contributed by atoms with Gasteiger partial charge in [-0.15, -0.1) is 0 Å². The summed E-state index contributed by atoms with van der Waals surface area (Å²) in [7, 11) is 0. The van der Waals surface area contributed by atoms with Crippen molar-refractivity contribution < 1.29 is 9.53 Å². The summed E-state index contributed by atoms with van der Waals surface area (Å²) in [4.78, 5) is 22.9. The number of nitrogens with zero attached hydrogens (tertiary/aromatic N) is 5. The molecule has 2 aromatic heterocycles. The quantitative estimate of drug-likeness (QED) is 0.379. The van der Waals surface area contributed by atoms with Crippen molar-refractivity contribution in [2.24, 2.45) is 0 Å². The molecule has 9 heteroatoms. The van der Waals surface area contributed by atoms with E-state index in [-0.39, 0.29) is 5.91 Å². The zero-order valence-electron chi connectivity index (χ0n) is 22.3. The zero-order chi connectivity index (χ0) is 26.8. The van der Waals surface area contributed by atoms with E-state index in [4.69, 9.17) is 10.5 Å². The molecular weight excluding hydrogens is 490 g/mol. The Kier molecular flexibility index (Phi) is 7.17. The van der Waals surface area contributed by atoms with E-state index in [1.807, 2.05) is 47.5 Å². The number of benzene rings is 2. The number of nitrogens with two attached hydrogens (primary N) is 1. The third-order valence-electron chi connectivity index (χ3n) is 7.99. The topological polar surface area (TPSA) is 102 Å². The first kappa shape index (κ1) is 25.3. The van der Waals surface area contributed by atoms with Crippen LogP contribution < -0.4 is 15.9 Å². The number of aromatic nitrogens is 3. The van der Waals surface area contributed by atoms with Crippen LogP contribution in [0.2, 0.25) is 0 Å². The number of ether oxygens (including phenoxy) is 1. The molecule has 4 aromatic rings. The number of nitrogen functional groups attached to an aromatic ring is 1. The van der Waals surface area contributed by atoms with Crippen molar-refractivity contribution in [2.75, 3.05) is 31.9 Å². The molecule has 0 spiro atoms. The number of rotatable bonds is 6. The first-order valence-corrected chi connectivity index (χ1v) is 13.8. The minimum absolute atomic E-state index is 0.00295. The average Bonchev–Trinajstić information content (AvgIpc) is 3.35. The van der Waals surface area contributed by atoms with Crippen LogP contribution in [0.25, 0.3) is 22.2 Å². The maximum atomic E-state index is 11.4. The molecule has 0 unspecified atom stereocenters. The smallest absolute Gasteiger partial charge is 0.231 e. The van der Waals surface area contributed by atoms with Gasteiger partial charge in [-0.05, 0) is 55.5 Å². The van der Waals surface area contributed by atoms with E-state index >= 15 is 0 Å². The minimum atomic E-state index is 0.00295. The van der Waals surface area contributed by atoms with Crippen molar-refractivity contribution in [3.05, 3.63) is 67.1 Å². The fourth-order valence-corrected chi connectivity index (χ4v) is 6.06. The van der Waals surface area contributed by atoms with Crippen LogP contribution in [-0.4, -0.2) is 62.6 Å². The molecule has 2 fully saturated rings. The Balaban J connectivity index is 1.17. The molecule has 2 aliphatic rings. The summed E-state index contributed by atoms with van der Waals surface area (Å²) in [5, 5.41) is 2.94. The minimum Gasteiger partial charge on any atom is -0.457 e. The Morgan fingerprint density at radius 1 is 0.897 bits per heavy atom. The molecular formula is C30H35N7O2. The molecule has 0 radical (unpaired) electrons. The summed E-state index contributed by atoms with van der Waals surface area (Å²) in [5.41, 5.74) is 12.3. The summed E-state index contributed by atoms with van der Waals surface area (Å²) in [5.74, 6) is 2.10. The van der Waals surface area contributed by atoms with E-state index in [0.29, 0.717) is 17.9 Å². The lowest BCUT2D eigenvalue weighted by Crippen LogP contribution is -2.55. The number of amides is 1. The Morgan fingerprint density at radius 3 is 2.26 bits per heavy atom. The predicted octanol–water partition coefficient (Wildman–Crippen LogP) is 4.63. The summed E-state index contributed by atoms with van der Waals surface area (Å²) >= 11 is 0. The van der Waals surface area contributed by atoms with Crippen LogP contribution in [0.4, 0.5) is 5.82 Å². The monoisotopic (exact) mass is 525 g/mol. The van der Waals surface area contributed by atoms with Gasteiger partial charge in [-0.1, -0.05) is 30.3 Å². The molecule has 1 amide bonds. The second-order valence-corrected chi connectivity index (χ2v) is 10.5. The molecule has 39 heavy (non-hydrogen) atoms. The summed E-state index contributed by atoms with van der Waals surface area (Å²) in [6.07, 6.45) is 8.24. The number of hydrazine groups is 1. The van der Waals surface area contributed by atoms with Gasteiger partial charge in [0.15, 0.2) is 0 Å². The molecule has 1 aliphatic carbocycles. The number of anilines is 1. The number of carbonyl (C=O) groups excluding carboxylic acids is 1. The Bertz CT molecular complexity index is 1420. The van der Waals surface area contributed by atoms with Crippen molar-refractivity contribution in [1.82, 2.24) is 29.9 Å². The van der Waals surface area contributed by atoms with Gasteiger partial charge >= 0.3 is 0 Å². The van der Waals surface area contributed by atoms with Crippen LogP contribution in [0.5, 0.6) is 11.5 Å². The number of para-hydroxylation sites is 1. The van der Waals surface area contributed by atoms with Crippen molar-refractivity contribution in [3.8, 4) is 22.6 Å². The van der Waals surface area contributed by atoms with E-state index in [1.54, 1.807) is 13.3 Å². The Morgan fingerprint density at radius 2 is 1.56 bits per heavy atom. The maximum Gasteiger partial charge on any atom is 0.231 e. The molecule has 0 bridgehead atoms. The van der Waals surface area contributed by atoms with E-state index in [2.05, 4.69) is 43.2 Å². The van der Waals surface area contributed by atoms with Gasteiger partial charge < -0.3 is 15.0 Å². The SMILES string of the molecule is CC(=O)NN1CCN(C2CCC(n3cc(-c4ccc(Oc5ccccc5)cc4)c4c(N)ncnc43)CC2)CC1. The second kappa shape index (κ2) is 11.0. The maximum absolute atomic E-state index is 11.4. The molecule has 9 nitrogen and oxygen atoms in total. The first-order chi connectivity index (χ1) is 19.0. The molecule has 2 aromatic carbocycles. The summed E-state index contributed by atoms with van der Waals surface area (Å²) in [6, 6.07) is 18.9. The van der Waals surface area contributed by atoms with Crippen LogP contribution in [0, 0.1) is 0 Å². The molecule has 3 N–H and O–H groups in total. The Labute approximate surface area is 228 Å². The van der Waals surface area contributed by atoms with E-state index in [0.717, 1.165) is 85.5 Å². The van der Waals surface area contributed by atoms with Crippen LogP contribution >= 0.6 is 0 Å². The van der Waals surface area contributed by atoms with Gasteiger partial charge in [0.25, 0.3) is 0 Å². The lowest BCUT2D eigenvalue weighted by molar-refractivity contribution is -0.124. The lowest BCUT2D eigenvalue weighted by atomic mass is 9.89.